The lowest BCUT2D eigenvalue weighted by atomic mass is 10.1. The highest BCUT2D eigenvalue weighted by Crippen LogP contribution is 2.31. The van der Waals surface area contributed by atoms with Crippen LogP contribution in [0.3, 0.4) is 0 Å². The Morgan fingerprint density at radius 3 is 2.76 bits per heavy atom. The van der Waals surface area contributed by atoms with E-state index in [1.165, 1.54) is 0 Å². The number of rotatable bonds is 8. The van der Waals surface area contributed by atoms with Crippen molar-refractivity contribution in [2.75, 3.05) is 26.2 Å². The Bertz CT molecular complexity index is 327. The number of nitrogens with zero attached hydrogens (tertiary/aromatic N) is 3. The average molecular weight is 237 g/mol. The summed E-state index contributed by atoms with van der Waals surface area (Å²) >= 11 is 0. The lowest BCUT2D eigenvalue weighted by molar-refractivity contribution is -0.144. The molecule has 0 N–H and O–H groups in total. The fraction of sp³-hybridized carbons (Fsp3) is 0.750. The highest BCUT2D eigenvalue weighted by Gasteiger charge is 2.32. The van der Waals surface area contributed by atoms with Crippen LogP contribution in [0.15, 0.2) is 10.2 Å². The maximum atomic E-state index is 11.3. The van der Waals surface area contributed by atoms with Crippen molar-refractivity contribution >= 4 is 5.97 Å². The number of hydrogen-bond acceptors (Lipinski definition) is 5. The van der Waals surface area contributed by atoms with Crippen molar-refractivity contribution in [1.29, 1.82) is 0 Å². The maximum absolute atomic E-state index is 11.3. The molecule has 0 amide bonds. The number of hydrogen-bond donors (Lipinski definition) is 0. The third-order valence-electron chi connectivity index (χ3n) is 2.54. The SMILES string of the molecule is C#CCN(CCCC1(C)N=N1)CC(=O)OCC. The molecule has 0 radical (unpaired) electrons. The smallest absolute Gasteiger partial charge is 0.320 e. The molecule has 0 aromatic rings. The van der Waals surface area contributed by atoms with Crippen LogP contribution < -0.4 is 0 Å². The van der Waals surface area contributed by atoms with E-state index in [-0.39, 0.29) is 18.2 Å². The van der Waals surface area contributed by atoms with Gasteiger partial charge >= 0.3 is 5.97 Å². The number of carbonyl (C=O) groups excluding carboxylic acids is 1. The molecule has 0 saturated carbocycles. The highest BCUT2D eigenvalue weighted by atomic mass is 16.5. The van der Waals surface area contributed by atoms with Crippen molar-refractivity contribution in [3.63, 3.8) is 0 Å². The first kappa shape index (κ1) is 13.7. The lowest BCUT2D eigenvalue weighted by Gasteiger charge is -2.18. The summed E-state index contributed by atoms with van der Waals surface area (Å²) in [5, 5.41) is 7.88. The highest BCUT2D eigenvalue weighted by molar-refractivity contribution is 5.71. The molecule has 1 heterocycles. The topological polar surface area (TPSA) is 54.3 Å². The molecule has 0 aliphatic carbocycles. The van der Waals surface area contributed by atoms with Gasteiger partial charge in [0.2, 0.25) is 0 Å². The van der Waals surface area contributed by atoms with Crippen LogP contribution in [-0.2, 0) is 9.53 Å². The molecule has 17 heavy (non-hydrogen) atoms. The van der Waals surface area contributed by atoms with Crippen LogP contribution in [0.5, 0.6) is 0 Å². The van der Waals surface area contributed by atoms with Gasteiger partial charge in [-0.15, -0.1) is 6.42 Å². The first-order valence-corrected chi connectivity index (χ1v) is 5.85. The van der Waals surface area contributed by atoms with Crippen LogP contribution in [0, 0.1) is 12.3 Å². The largest absolute Gasteiger partial charge is 0.465 e. The standard InChI is InChI=1S/C12H19N3O2/c1-4-8-15(10-11(16)17-5-2)9-6-7-12(3)13-14-12/h1H,5-10H2,2-3H3. The van der Waals surface area contributed by atoms with Crippen LogP contribution in [0.2, 0.25) is 0 Å². The van der Waals surface area contributed by atoms with Gasteiger partial charge < -0.3 is 4.74 Å². The van der Waals surface area contributed by atoms with Gasteiger partial charge in [-0.1, -0.05) is 5.92 Å². The van der Waals surface area contributed by atoms with Crippen molar-refractivity contribution in [3.8, 4) is 12.3 Å². The van der Waals surface area contributed by atoms with Gasteiger partial charge in [-0.25, -0.2) is 0 Å². The molecule has 1 aliphatic heterocycles. The molecule has 0 spiro atoms. The first-order chi connectivity index (χ1) is 8.09. The summed E-state index contributed by atoms with van der Waals surface area (Å²) in [5.41, 5.74) is -0.175. The van der Waals surface area contributed by atoms with Crippen molar-refractivity contribution in [2.24, 2.45) is 10.2 Å². The summed E-state index contributed by atoms with van der Waals surface area (Å²) in [5.74, 6) is 2.32. The van der Waals surface area contributed by atoms with Gasteiger partial charge in [0.1, 0.15) is 0 Å². The molecule has 0 fully saturated rings. The monoisotopic (exact) mass is 237 g/mol. The third kappa shape index (κ3) is 5.45. The molecule has 5 nitrogen and oxygen atoms in total. The summed E-state index contributed by atoms with van der Waals surface area (Å²) in [6, 6.07) is 0. The van der Waals surface area contributed by atoms with Crippen LogP contribution >= 0.6 is 0 Å². The Morgan fingerprint density at radius 1 is 1.53 bits per heavy atom. The third-order valence-corrected chi connectivity index (χ3v) is 2.54. The van der Waals surface area contributed by atoms with Crippen molar-refractivity contribution < 1.29 is 9.53 Å². The molecule has 94 valence electrons. The normalized spacial score (nSPS) is 15.6. The zero-order valence-electron chi connectivity index (χ0n) is 10.5. The van der Waals surface area contributed by atoms with Gasteiger partial charge in [-0.2, -0.15) is 10.2 Å². The van der Waals surface area contributed by atoms with Crippen LogP contribution in [0.4, 0.5) is 0 Å². The minimum Gasteiger partial charge on any atom is -0.465 e. The van der Waals surface area contributed by atoms with Gasteiger partial charge in [0, 0.05) is 0 Å². The molecule has 1 aliphatic rings. The predicted octanol–water partition coefficient (Wildman–Crippen LogP) is 1.45. The molecule has 0 aromatic heterocycles. The minimum atomic E-state index is -0.227. The average Bonchev–Trinajstić information content (AvgIpc) is 2.97. The lowest BCUT2D eigenvalue weighted by Crippen LogP contribution is -2.32. The van der Waals surface area contributed by atoms with Gasteiger partial charge in [-0.05, 0) is 33.2 Å². The predicted molar refractivity (Wildman–Crippen MR) is 64.4 cm³/mol. The summed E-state index contributed by atoms with van der Waals surface area (Å²) in [6.45, 7) is 5.67. The van der Waals surface area contributed by atoms with E-state index in [9.17, 15) is 4.79 Å². The van der Waals surface area contributed by atoms with E-state index in [0.717, 1.165) is 19.4 Å². The summed E-state index contributed by atoms with van der Waals surface area (Å²) in [6.07, 6.45) is 7.09. The van der Waals surface area contributed by atoms with Crippen LogP contribution in [0.1, 0.15) is 26.7 Å². The Balaban J connectivity index is 2.22. The summed E-state index contributed by atoms with van der Waals surface area (Å²) < 4.78 is 4.89. The summed E-state index contributed by atoms with van der Waals surface area (Å²) in [7, 11) is 0. The van der Waals surface area contributed by atoms with Crippen LogP contribution in [-0.4, -0.2) is 42.8 Å². The van der Waals surface area contributed by atoms with Crippen molar-refractivity contribution in [3.05, 3.63) is 0 Å². The summed E-state index contributed by atoms with van der Waals surface area (Å²) in [4.78, 5) is 13.2. The van der Waals surface area contributed by atoms with Gasteiger partial charge in [-0.3, -0.25) is 9.69 Å². The number of terminal acetylenes is 1. The first-order valence-electron chi connectivity index (χ1n) is 5.85. The van der Waals surface area contributed by atoms with E-state index in [2.05, 4.69) is 16.1 Å². The van der Waals surface area contributed by atoms with Crippen molar-refractivity contribution in [1.82, 2.24) is 4.90 Å². The molecule has 5 heteroatoms. The second kappa shape index (κ2) is 6.36. The molecule has 0 bridgehead atoms. The Morgan fingerprint density at radius 2 is 2.24 bits per heavy atom. The molecular formula is C12H19N3O2. The fourth-order valence-corrected chi connectivity index (χ4v) is 1.56. The Kier molecular flexibility index (Phi) is 5.11. The van der Waals surface area contributed by atoms with Gasteiger partial charge in [0.25, 0.3) is 0 Å². The second-order valence-electron chi connectivity index (χ2n) is 4.24. The number of carbonyl (C=O) groups is 1. The molecule has 1 rings (SSSR count). The molecular weight excluding hydrogens is 218 g/mol. The quantitative estimate of drug-likeness (QED) is 0.474. The maximum Gasteiger partial charge on any atom is 0.320 e. The fourth-order valence-electron chi connectivity index (χ4n) is 1.56. The zero-order chi connectivity index (χ0) is 12.7. The Labute approximate surface area is 102 Å². The van der Waals surface area contributed by atoms with E-state index in [1.807, 2.05) is 11.8 Å². The van der Waals surface area contributed by atoms with Gasteiger partial charge in [0.15, 0.2) is 5.66 Å². The van der Waals surface area contributed by atoms with E-state index in [0.29, 0.717) is 13.2 Å². The second-order valence-corrected chi connectivity index (χ2v) is 4.24. The van der Waals surface area contributed by atoms with E-state index in [1.54, 1.807) is 6.92 Å². The zero-order valence-corrected chi connectivity index (χ0v) is 10.5. The number of ether oxygens (including phenoxy) is 1. The van der Waals surface area contributed by atoms with E-state index < -0.39 is 0 Å². The molecule has 0 saturated heterocycles. The minimum absolute atomic E-state index is 0.175. The Hall–Kier alpha value is -1.41. The molecule has 0 aromatic carbocycles. The molecule has 0 atom stereocenters. The van der Waals surface area contributed by atoms with Crippen molar-refractivity contribution in [2.45, 2.75) is 32.4 Å². The number of esters is 1. The van der Waals surface area contributed by atoms with E-state index in [4.69, 9.17) is 11.2 Å². The van der Waals surface area contributed by atoms with Crippen LogP contribution in [0.25, 0.3) is 0 Å². The van der Waals surface area contributed by atoms with Gasteiger partial charge in [0.05, 0.1) is 19.7 Å². The molecule has 0 unspecified atom stereocenters. The van der Waals surface area contributed by atoms with E-state index >= 15 is 0 Å².